The van der Waals surface area contributed by atoms with E-state index in [0.717, 1.165) is 5.56 Å². The molecular formula is C28H22Cl2N2O3S. The summed E-state index contributed by atoms with van der Waals surface area (Å²) < 4.78 is 28.3. The Labute approximate surface area is 220 Å². The smallest absolute Gasteiger partial charge is 0.261 e. The van der Waals surface area contributed by atoms with Gasteiger partial charge in [-0.2, -0.15) is 0 Å². The number of amides is 1. The minimum Gasteiger partial charge on any atom is -0.322 e. The topological polar surface area (TPSA) is 75.3 Å². The predicted octanol–water partition coefficient (Wildman–Crippen LogP) is 7.28. The molecule has 4 rings (SSSR count). The Bertz CT molecular complexity index is 1540. The van der Waals surface area contributed by atoms with Crippen molar-refractivity contribution in [3.05, 3.63) is 124 Å². The third-order valence-corrected chi connectivity index (χ3v) is 7.60. The van der Waals surface area contributed by atoms with Gasteiger partial charge in [0.25, 0.3) is 15.9 Å². The Morgan fingerprint density at radius 2 is 1.42 bits per heavy atom. The second-order valence-corrected chi connectivity index (χ2v) is 10.4. The first kappa shape index (κ1) is 25.5. The minimum absolute atomic E-state index is 0.0507. The molecule has 0 aliphatic carbocycles. The summed E-state index contributed by atoms with van der Waals surface area (Å²) in [4.78, 5) is 13.3. The van der Waals surface area contributed by atoms with Gasteiger partial charge in [0.05, 0.1) is 10.6 Å². The summed E-state index contributed by atoms with van der Waals surface area (Å²) in [6.07, 6.45) is 1.73. The largest absolute Gasteiger partial charge is 0.322 e. The van der Waals surface area contributed by atoms with Crippen molar-refractivity contribution in [3.63, 3.8) is 0 Å². The summed E-state index contributed by atoms with van der Waals surface area (Å²) in [5.41, 5.74) is 3.31. The molecule has 0 atom stereocenters. The third-order valence-electron chi connectivity index (χ3n) is 5.47. The maximum absolute atomic E-state index is 13.3. The molecule has 4 aromatic rings. The second-order valence-electron chi connectivity index (χ2n) is 7.94. The lowest BCUT2D eigenvalue weighted by molar-refractivity contribution is -0.111. The molecule has 0 saturated heterocycles. The van der Waals surface area contributed by atoms with Gasteiger partial charge in [-0.1, -0.05) is 77.8 Å². The lowest BCUT2D eigenvalue weighted by Crippen LogP contribution is -2.15. The second kappa shape index (κ2) is 11.0. The average Bonchev–Trinajstić information content (AvgIpc) is 2.87. The molecule has 0 heterocycles. The van der Waals surface area contributed by atoms with Crippen LogP contribution < -0.4 is 10.0 Å². The van der Waals surface area contributed by atoms with Crippen molar-refractivity contribution in [2.24, 2.45) is 0 Å². The first-order valence-corrected chi connectivity index (χ1v) is 13.2. The molecule has 2 N–H and O–H groups in total. The van der Waals surface area contributed by atoms with E-state index in [0.29, 0.717) is 38.1 Å². The first-order chi connectivity index (χ1) is 17.2. The van der Waals surface area contributed by atoms with E-state index in [2.05, 4.69) is 10.0 Å². The summed E-state index contributed by atoms with van der Waals surface area (Å²) in [6, 6.07) is 27.4. The molecule has 0 unspecified atom stereocenters. The van der Waals surface area contributed by atoms with Crippen molar-refractivity contribution >= 4 is 62.2 Å². The van der Waals surface area contributed by atoms with Gasteiger partial charge in [0, 0.05) is 21.3 Å². The van der Waals surface area contributed by atoms with Crippen LogP contribution in [0.2, 0.25) is 10.0 Å². The van der Waals surface area contributed by atoms with E-state index >= 15 is 0 Å². The molecule has 0 aliphatic rings. The number of sulfonamides is 1. The number of benzene rings is 4. The molecule has 4 aromatic carbocycles. The van der Waals surface area contributed by atoms with Crippen LogP contribution in [-0.4, -0.2) is 14.3 Å². The zero-order chi connectivity index (χ0) is 25.7. The third kappa shape index (κ3) is 5.97. The van der Waals surface area contributed by atoms with Crippen LogP contribution in [-0.2, 0) is 14.8 Å². The minimum atomic E-state index is -3.85. The summed E-state index contributed by atoms with van der Waals surface area (Å²) in [6.45, 7) is 1.74. The molecule has 0 radical (unpaired) electrons. The van der Waals surface area contributed by atoms with Gasteiger partial charge >= 0.3 is 0 Å². The van der Waals surface area contributed by atoms with Gasteiger partial charge in [0.15, 0.2) is 0 Å². The van der Waals surface area contributed by atoms with Gasteiger partial charge < -0.3 is 5.32 Å². The van der Waals surface area contributed by atoms with Gasteiger partial charge in [-0.15, -0.1) is 0 Å². The number of hydrogen-bond donors (Lipinski definition) is 2. The molecule has 0 aromatic heterocycles. The molecular weight excluding hydrogens is 515 g/mol. The molecule has 182 valence electrons. The van der Waals surface area contributed by atoms with Crippen molar-refractivity contribution < 1.29 is 13.2 Å². The normalized spacial score (nSPS) is 11.7. The average molecular weight is 537 g/mol. The van der Waals surface area contributed by atoms with Crippen LogP contribution in [0.5, 0.6) is 0 Å². The van der Waals surface area contributed by atoms with Crippen LogP contribution in [0.3, 0.4) is 0 Å². The number of nitrogens with one attached hydrogen (secondary N) is 2. The zero-order valence-electron chi connectivity index (χ0n) is 19.2. The highest BCUT2D eigenvalue weighted by Gasteiger charge is 2.17. The van der Waals surface area contributed by atoms with Crippen LogP contribution in [0.1, 0.15) is 16.7 Å². The van der Waals surface area contributed by atoms with Crippen molar-refractivity contribution in [2.75, 3.05) is 10.0 Å². The molecule has 0 saturated carbocycles. The summed E-state index contributed by atoms with van der Waals surface area (Å²) >= 11 is 12.4. The Morgan fingerprint density at radius 1 is 0.778 bits per heavy atom. The highest BCUT2D eigenvalue weighted by molar-refractivity contribution is 7.92. The van der Waals surface area contributed by atoms with E-state index in [1.165, 1.54) is 24.3 Å². The number of carbonyl (C=O) groups is 1. The fourth-order valence-corrected chi connectivity index (χ4v) is 4.97. The van der Waals surface area contributed by atoms with Gasteiger partial charge in [0.1, 0.15) is 0 Å². The number of rotatable bonds is 7. The Hall–Kier alpha value is -3.58. The Kier molecular flexibility index (Phi) is 7.79. The zero-order valence-corrected chi connectivity index (χ0v) is 21.5. The van der Waals surface area contributed by atoms with Crippen molar-refractivity contribution in [1.82, 2.24) is 0 Å². The van der Waals surface area contributed by atoms with Crippen LogP contribution >= 0.6 is 23.2 Å². The summed E-state index contributed by atoms with van der Waals surface area (Å²) in [5.74, 6) is -0.357. The van der Waals surface area contributed by atoms with E-state index in [1.54, 1.807) is 37.3 Å². The Balaban J connectivity index is 1.57. The van der Waals surface area contributed by atoms with Crippen molar-refractivity contribution in [2.45, 2.75) is 11.8 Å². The maximum atomic E-state index is 13.3. The van der Waals surface area contributed by atoms with E-state index in [9.17, 15) is 13.2 Å². The van der Waals surface area contributed by atoms with Gasteiger partial charge in [-0.3, -0.25) is 9.52 Å². The van der Waals surface area contributed by atoms with E-state index in [-0.39, 0.29) is 10.8 Å². The quantitative estimate of drug-likeness (QED) is 0.192. The number of carbonyl (C=O) groups excluding carboxylic acids is 1. The lowest BCUT2D eigenvalue weighted by atomic mass is 10.0. The van der Waals surface area contributed by atoms with Crippen LogP contribution in [0, 0.1) is 6.92 Å². The molecule has 8 heteroatoms. The molecule has 36 heavy (non-hydrogen) atoms. The van der Waals surface area contributed by atoms with Gasteiger partial charge in [-0.25, -0.2) is 8.42 Å². The van der Waals surface area contributed by atoms with E-state index in [4.69, 9.17) is 23.2 Å². The highest BCUT2D eigenvalue weighted by atomic mass is 35.5. The number of anilines is 2. The van der Waals surface area contributed by atoms with Gasteiger partial charge in [-0.05, 0) is 72.2 Å². The fraction of sp³-hybridized carbons (Fsp3) is 0.0357. The van der Waals surface area contributed by atoms with Crippen molar-refractivity contribution in [1.29, 1.82) is 0 Å². The lowest BCUT2D eigenvalue weighted by Gasteiger charge is -2.13. The molecule has 1 amide bonds. The SMILES string of the molecule is Cc1c(Cl)cccc1NS(=O)(=O)c1ccc(NC(=O)/C(=C/c2ccccc2Cl)c2ccccc2)cc1. The molecule has 0 spiro atoms. The number of halogens is 2. The monoisotopic (exact) mass is 536 g/mol. The Morgan fingerprint density at radius 3 is 2.11 bits per heavy atom. The maximum Gasteiger partial charge on any atom is 0.261 e. The van der Waals surface area contributed by atoms with E-state index in [1.807, 2.05) is 48.5 Å². The summed E-state index contributed by atoms with van der Waals surface area (Å²) in [7, 11) is -3.85. The molecule has 5 nitrogen and oxygen atoms in total. The summed E-state index contributed by atoms with van der Waals surface area (Å²) in [5, 5.41) is 3.83. The number of hydrogen-bond acceptors (Lipinski definition) is 3. The van der Waals surface area contributed by atoms with Gasteiger partial charge in [0.2, 0.25) is 0 Å². The highest BCUT2D eigenvalue weighted by Crippen LogP contribution is 2.27. The predicted molar refractivity (Wildman–Crippen MR) is 148 cm³/mol. The standard InChI is InChI=1S/C28H22Cl2N2O3S/c1-19-25(29)12-7-13-27(19)32-36(34,35)23-16-14-22(15-17-23)31-28(33)24(20-8-3-2-4-9-20)18-21-10-5-6-11-26(21)30/h2-18,32H,1H3,(H,31,33)/b24-18+. The van der Waals surface area contributed by atoms with Crippen LogP contribution in [0.4, 0.5) is 11.4 Å². The van der Waals surface area contributed by atoms with E-state index < -0.39 is 10.0 Å². The van der Waals surface area contributed by atoms with Crippen LogP contribution in [0.25, 0.3) is 11.6 Å². The fourth-order valence-electron chi connectivity index (χ4n) is 3.48. The molecule has 0 aliphatic heterocycles. The van der Waals surface area contributed by atoms with Crippen molar-refractivity contribution in [3.8, 4) is 0 Å². The van der Waals surface area contributed by atoms with Crippen LogP contribution in [0.15, 0.2) is 102 Å². The first-order valence-electron chi connectivity index (χ1n) is 11.0. The molecule has 0 bridgehead atoms. The molecule has 0 fully saturated rings.